The van der Waals surface area contributed by atoms with Crippen LogP contribution in [0.1, 0.15) is 40.4 Å². The first kappa shape index (κ1) is 16.4. The van der Waals surface area contributed by atoms with Gasteiger partial charge >= 0.3 is 0 Å². The SMILES string of the molecule is COc1cc(OC)cc(C(=O)N(C)[C@H]2CCCc3ccccc32)c1. The first-order chi connectivity index (χ1) is 11.6. The van der Waals surface area contributed by atoms with Gasteiger partial charge in [-0.2, -0.15) is 0 Å². The van der Waals surface area contributed by atoms with Gasteiger partial charge in [-0.15, -0.1) is 0 Å². The number of benzene rings is 2. The Morgan fingerprint density at radius 3 is 2.42 bits per heavy atom. The van der Waals surface area contributed by atoms with Crippen LogP contribution in [-0.2, 0) is 6.42 Å². The number of carbonyl (C=O) groups excluding carboxylic acids is 1. The molecule has 1 aliphatic rings. The monoisotopic (exact) mass is 325 g/mol. The molecule has 1 atom stereocenters. The van der Waals surface area contributed by atoms with Crippen molar-refractivity contribution in [2.45, 2.75) is 25.3 Å². The first-order valence-electron chi connectivity index (χ1n) is 8.22. The molecule has 1 amide bonds. The Morgan fingerprint density at radius 2 is 1.75 bits per heavy atom. The highest BCUT2D eigenvalue weighted by Crippen LogP contribution is 2.34. The van der Waals surface area contributed by atoms with E-state index in [0.29, 0.717) is 17.1 Å². The standard InChI is InChI=1S/C20H23NO3/c1-21(19-10-6-8-14-7-4-5-9-18(14)19)20(22)15-11-16(23-2)13-17(12-15)24-3/h4-5,7,9,11-13,19H,6,8,10H2,1-3H3/t19-/m0/s1. The summed E-state index contributed by atoms with van der Waals surface area (Å²) in [7, 11) is 5.05. The van der Waals surface area contributed by atoms with E-state index < -0.39 is 0 Å². The van der Waals surface area contributed by atoms with Crippen LogP contribution in [0.4, 0.5) is 0 Å². The average Bonchev–Trinajstić information content (AvgIpc) is 2.65. The predicted octanol–water partition coefficient (Wildman–Crippen LogP) is 3.85. The summed E-state index contributed by atoms with van der Waals surface area (Å²) >= 11 is 0. The molecular formula is C20H23NO3. The predicted molar refractivity (Wildman–Crippen MR) is 93.8 cm³/mol. The third-order valence-corrected chi connectivity index (χ3v) is 4.72. The molecule has 0 radical (unpaired) electrons. The van der Waals surface area contributed by atoms with Crippen LogP contribution in [-0.4, -0.2) is 32.1 Å². The molecule has 4 nitrogen and oxygen atoms in total. The Balaban J connectivity index is 1.91. The molecule has 0 bridgehead atoms. The lowest BCUT2D eigenvalue weighted by atomic mass is 9.87. The van der Waals surface area contributed by atoms with Crippen molar-refractivity contribution in [3.05, 3.63) is 59.2 Å². The van der Waals surface area contributed by atoms with Crippen LogP contribution in [0.3, 0.4) is 0 Å². The summed E-state index contributed by atoms with van der Waals surface area (Å²) in [6.07, 6.45) is 3.17. The van der Waals surface area contributed by atoms with Gasteiger partial charge in [0.15, 0.2) is 0 Å². The highest BCUT2D eigenvalue weighted by atomic mass is 16.5. The van der Waals surface area contributed by atoms with E-state index in [1.807, 2.05) is 18.0 Å². The van der Waals surface area contributed by atoms with Crippen LogP contribution in [0, 0.1) is 0 Å². The van der Waals surface area contributed by atoms with Gasteiger partial charge in [-0.3, -0.25) is 4.79 Å². The topological polar surface area (TPSA) is 38.8 Å². The fourth-order valence-corrected chi connectivity index (χ4v) is 3.41. The van der Waals surface area contributed by atoms with Gasteiger partial charge in [0.25, 0.3) is 5.91 Å². The molecule has 4 heteroatoms. The Morgan fingerprint density at radius 1 is 1.08 bits per heavy atom. The normalized spacial score (nSPS) is 16.2. The van der Waals surface area contributed by atoms with Gasteiger partial charge in [-0.25, -0.2) is 0 Å². The number of hydrogen-bond acceptors (Lipinski definition) is 3. The number of aryl methyl sites for hydroxylation is 1. The van der Waals surface area contributed by atoms with Crippen LogP contribution in [0.25, 0.3) is 0 Å². The lowest BCUT2D eigenvalue weighted by Gasteiger charge is -2.33. The van der Waals surface area contributed by atoms with Crippen molar-refractivity contribution < 1.29 is 14.3 Å². The number of fused-ring (bicyclic) bond motifs is 1. The average molecular weight is 325 g/mol. The van der Waals surface area contributed by atoms with Gasteiger partial charge in [-0.05, 0) is 42.5 Å². The maximum Gasteiger partial charge on any atom is 0.254 e. The molecule has 0 N–H and O–H groups in total. The molecule has 0 spiro atoms. The van der Waals surface area contributed by atoms with Crippen LogP contribution >= 0.6 is 0 Å². The summed E-state index contributed by atoms with van der Waals surface area (Å²) in [5.74, 6) is 1.22. The summed E-state index contributed by atoms with van der Waals surface area (Å²) in [4.78, 5) is 14.8. The van der Waals surface area contributed by atoms with E-state index in [2.05, 4.69) is 18.2 Å². The van der Waals surface area contributed by atoms with Gasteiger partial charge in [0.1, 0.15) is 11.5 Å². The number of hydrogen-bond donors (Lipinski definition) is 0. The van der Waals surface area contributed by atoms with E-state index in [1.165, 1.54) is 11.1 Å². The first-order valence-corrected chi connectivity index (χ1v) is 8.22. The van der Waals surface area contributed by atoms with Gasteiger partial charge in [0.05, 0.1) is 20.3 Å². The Kier molecular flexibility index (Phi) is 4.74. The zero-order valence-electron chi connectivity index (χ0n) is 14.4. The Hall–Kier alpha value is -2.49. The van der Waals surface area contributed by atoms with E-state index in [1.54, 1.807) is 32.4 Å². The third-order valence-electron chi connectivity index (χ3n) is 4.72. The molecule has 0 saturated heterocycles. The maximum atomic E-state index is 13.0. The molecule has 126 valence electrons. The van der Waals surface area contributed by atoms with Crippen molar-refractivity contribution in [3.63, 3.8) is 0 Å². The molecule has 1 aliphatic carbocycles. The van der Waals surface area contributed by atoms with E-state index in [9.17, 15) is 4.79 Å². The summed E-state index contributed by atoms with van der Waals surface area (Å²) < 4.78 is 10.6. The van der Waals surface area contributed by atoms with Crippen molar-refractivity contribution in [2.75, 3.05) is 21.3 Å². The quantitative estimate of drug-likeness (QED) is 0.857. The minimum absolute atomic E-state index is 0.0195. The number of methoxy groups -OCH3 is 2. The van der Waals surface area contributed by atoms with Gasteiger partial charge in [0, 0.05) is 18.7 Å². The lowest BCUT2D eigenvalue weighted by Crippen LogP contribution is -2.33. The van der Waals surface area contributed by atoms with Crippen molar-refractivity contribution in [2.24, 2.45) is 0 Å². The second-order valence-corrected chi connectivity index (χ2v) is 6.12. The zero-order valence-corrected chi connectivity index (χ0v) is 14.4. The summed E-state index contributed by atoms with van der Waals surface area (Å²) in [5, 5.41) is 0. The van der Waals surface area contributed by atoms with E-state index in [4.69, 9.17) is 9.47 Å². The van der Waals surface area contributed by atoms with Crippen molar-refractivity contribution in [1.82, 2.24) is 4.90 Å². The Bertz CT molecular complexity index is 719. The number of amides is 1. The number of ether oxygens (including phenoxy) is 2. The fraction of sp³-hybridized carbons (Fsp3) is 0.350. The van der Waals surface area contributed by atoms with Crippen molar-refractivity contribution >= 4 is 5.91 Å². The molecule has 0 saturated carbocycles. The summed E-state index contributed by atoms with van der Waals surface area (Å²) in [5.41, 5.74) is 3.18. The molecule has 0 aliphatic heterocycles. The largest absolute Gasteiger partial charge is 0.497 e. The molecule has 3 rings (SSSR count). The number of nitrogens with zero attached hydrogens (tertiary/aromatic N) is 1. The van der Waals surface area contributed by atoms with Crippen molar-refractivity contribution in [1.29, 1.82) is 0 Å². The van der Waals surface area contributed by atoms with Crippen molar-refractivity contribution in [3.8, 4) is 11.5 Å². The minimum atomic E-state index is -0.0195. The maximum absolute atomic E-state index is 13.0. The number of rotatable bonds is 4. The van der Waals surface area contributed by atoms with E-state index >= 15 is 0 Å². The molecule has 0 aromatic heterocycles. The van der Waals surface area contributed by atoms with Crippen LogP contribution in [0.2, 0.25) is 0 Å². The summed E-state index contributed by atoms with van der Waals surface area (Å²) in [6, 6.07) is 13.8. The third kappa shape index (κ3) is 3.09. The molecule has 0 fully saturated rings. The number of carbonyl (C=O) groups is 1. The van der Waals surface area contributed by atoms with Gasteiger partial charge in [-0.1, -0.05) is 24.3 Å². The second kappa shape index (κ2) is 6.95. The smallest absolute Gasteiger partial charge is 0.254 e. The highest BCUT2D eigenvalue weighted by molar-refractivity contribution is 5.95. The highest BCUT2D eigenvalue weighted by Gasteiger charge is 2.27. The van der Waals surface area contributed by atoms with Gasteiger partial charge < -0.3 is 14.4 Å². The van der Waals surface area contributed by atoms with Crippen LogP contribution < -0.4 is 9.47 Å². The van der Waals surface area contributed by atoms with E-state index in [0.717, 1.165) is 19.3 Å². The lowest BCUT2D eigenvalue weighted by molar-refractivity contribution is 0.0714. The molecule has 0 heterocycles. The second-order valence-electron chi connectivity index (χ2n) is 6.12. The molecule has 24 heavy (non-hydrogen) atoms. The van der Waals surface area contributed by atoms with Gasteiger partial charge in [0.2, 0.25) is 0 Å². The molecular weight excluding hydrogens is 302 g/mol. The summed E-state index contributed by atoms with van der Waals surface area (Å²) in [6.45, 7) is 0. The zero-order chi connectivity index (χ0) is 17.1. The molecule has 2 aromatic carbocycles. The Labute approximate surface area is 143 Å². The fourth-order valence-electron chi connectivity index (χ4n) is 3.41. The van der Waals surface area contributed by atoms with Crippen LogP contribution in [0.5, 0.6) is 11.5 Å². The van der Waals surface area contributed by atoms with E-state index in [-0.39, 0.29) is 11.9 Å². The molecule has 2 aromatic rings. The van der Waals surface area contributed by atoms with Crippen LogP contribution in [0.15, 0.2) is 42.5 Å². The molecule has 0 unspecified atom stereocenters. The minimum Gasteiger partial charge on any atom is -0.497 e.